The van der Waals surface area contributed by atoms with Crippen molar-refractivity contribution < 1.29 is 4.79 Å². The average molecular weight is 235 g/mol. The third-order valence-electron chi connectivity index (χ3n) is 2.84. The Morgan fingerprint density at radius 2 is 1.76 bits per heavy atom. The molecule has 0 N–H and O–H groups in total. The van der Waals surface area contributed by atoms with Gasteiger partial charge < -0.3 is 4.90 Å². The Morgan fingerprint density at radius 3 is 2.12 bits per heavy atom. The van der Waals surface area contributed by atoms with Gasteiger partial charge in [-0.25, -0.2) is 0 Å². The molecule has 0 aromatic carbocycles. The van der Waals surface area contributed by atoms with Gasteiger partial charge in [0, 0.05) is 17.7 Å². The number of rotatable bonds is 1. The van der Waals surface area contributed by atoms with Crippen LogP contribution in [-0.4, -0.2) is 22.9 Å². The molecule has 0 saturated carbocycles. The van der Waals surface area contributed by atoms with Crippen molar-refractivity contribution in [3.05, 3.63) is 23.3 Å². The van der Waals surface area contributed by atoms with E-state index in [1.807, 2.05) is 17.9 Å². The Labute approximate surface area is 105 Å². The quantitative estimate of drug-likeness (QED) is 0.680. The van der Waals surface area contributed by atoms with Gasteiger partial charge in [-0.15, -0.1) is 0 Å². The van der Waals surface area contributed by atoms with E-state index in [9.17, 15) is 4.79 Å². The number of nitrogens with zero attached hydrogens (tertiary/aromatic N) is 1. The second kappa shape index (κ2) is 4.32. The van der Waals surface area contributed by atoms with Crippen molar-refractivity contribution in [2.75, 3.05) is 6.54 Å². The normalized spacial score (nSPS) is 18.8. The standard InChI is InChI=1S/C15H25NO/c1-11(10-14(2,3)4)12-8-9-16(13(12)17)15(5,6)7/h8,10H,9H2,1-7H3. The number of amides is 1. The Hall–Kier alpha value is -1.05. The number of hydrogen-bond acceptors (Lipinski definition) is 1. The number of carbonyl (C=O) groups is 1. The van der Waals surface area contributed by atoms with E-state index in [-0.39, 0.29) is 16.9 Å². The minimum Gasteiger partial charge on any atom is -0.330 e. The fourth-order valence-corrected chi connectivity index (χ4v) is 2.13. The van der Waals surface area contributed by atoms with Gasteiger partial charge in [0.25, 0.3) is 5.91 Å². The van der Waals surface area contributed by atoms with Crippen LogP contribution in [0.25, 0.3) is 0 Å². The monoisotopic (exact) mass is 235 g/mol. The van der Waals surface area contributed by atoms with Gasteiger partial charge >= 0.3 is 0 Å². The molecule has 17 heavy (non-hydrogen) atoms. The van der Waals surface area contributed by atoms with E-state index in [4.69, 9.17) is 0 Å². The van der Waals surface area contributed by atoms with Gasteiger partial charge in [-0.2, -0.15) is 0 Å². The molecule has 1 heterocycles. The zero-order valence-electron chi connectivity index (χ0n) is 12.2. The first-order valence-corrected chi connectivity index (χ1v) is 6.24. The Balaban J connectivity index is 2.92. The molecule has 1 amide bonds. The van der Waals surface area contributed by atoms with Crippen molar-refractivity contribution in [2.24, 2.45) is 5.41 Å². The van der Waals surface area contributed by atoms with E-state index in [1.54, 1.807) is 0 Å². The summed E-state index contributed by atoms with van der Waals surface area (Å²) in [7, 11) is 0. The molecule has 0 bridgehead atoms. The second-order valence-electron chi connectivity index (χ2n) is 6.90. The lowest BCUT2D eigenvalue weighted by molar-refractivity contribution is -0.129. The van der Waals surface area contributed by atoms with Crippen molar-refractivity contribution in [3.8, 4) is 0 Å². The van der Waals surface area contributed by atoms with Crippen LogP contribution in [-0.2, 0) is 4.79 Å². The van der Waals surface area contributed by atoms with E-state index in [0.29, 0.717) is 0 Å². The molecule has 0 fully saturated rings. The van der Waals surface area contributed by atoms with Crippen LogP contribution < -0.4 is 0 Å². The number of allylic oxidation sites excluding steroid dienone is 1. The zero-order chi connectivity index (χ0) is 13.4. The molecule has 0 spiro atoms. The van der Waals surface area contributed by atoms with Gasteiger partial charge in [-0.3, -0.25) is 4.79 Å². The molecule has 0 aromatic heterocycles. The zero-order valence-corrected chi connectivity index (χ0v) is 12.2. The van der Waals surface area contributed by atoms with Crippen LogP contribution in [0.15, 0.2) is 23.3 Å². The fraction of sp³-hybridized carbons (Fsp3) is 0.667. The van der Waals surface area contributed by atoms with Gasteiger partial charge in [0.15, 0.2) is 0 Å². The van der Waals surface area contributed by atoms with Gasteiger partial charge in [0.05, 0.1) is 0 Å². The molecule has 96 valence electrons. The molecule has 0 radical (unpaired) electrons. The summed E-state index contributed by atoms with van der Waals surface area (Å²) in [5.41, 5.74) is 1.97. The van der Waals surface area contributed by atoms with Crippen LogP contribution >= 0.6 is 0 Å². The number of carbonyl (C=O) groups excluding carboxylic acids is 1. The predicted molar refractivity (Wildman–Crippen MR) is 72.8 cm³/mol. The summed E-state index contributed by atoms with van der Waals surface area (Å²) in [5.74, 6) is 0.163. The van der Waals surface area contributed by atoms with E-state index in [0.717, 1.165) is 17.7 Å². The Morgan fingerprint density at radius 1 is 1.24 bits per heavy atom. The van der Waals surface area contributed by atoms with Crippen LogP contribution in [0.2, 0.25) is 0 Å². The van der Waals surface area contributed by atoms with Crippen molar-refractivity contribution in [1.82, 2.24) is 4.90 Å². The molecule has 0 aromatic rings. The third kappa shape index (κ3) is 3.45. The minimum atomic E-state index is -0.0999. The van der Waals surface area contributed by atoms with Crippen LogP contribution in [0.3, 0.4) is 0 Å². The van der Waals surface area contributed by atoms with E-state index in [1.165, 1.54) is 0 Å². The first kappa shape index (κ1) is 14.0. The molecular formula is C15H25NO. The molecule has 2 heteroatoms. The van der Waals surface area contributed by atoms with Crippen LogP contribution in [0.1, 0.15) is 48.5 Å². The average Bonchev–Trinajstić information content (AvgIpc) is 2.42. The minimum absolute atomic E-state index is 0.0999. The SMILES string of the molecule is CC(=CC(C)(C)C)C1=CCN(C(C)(C)C)C1=O. The van der Waals surface area contributed by atoms with Gasteiger partial charge in [0.2, 0.25) is 0 Å². The molecule has 1 aliphatic heterocycles. The van der Waals surface area contributed by atoms with Crippen molar-refractivity contribution in [1.29, 1.82) is 0 Å². The first-order chi connectivity index (χ1) is 7.52. The molecular weight excluding hydrogens is 210 g/mol. The first-order valence-electron chi connectivity index (χ1n) is 6.24. The molecule has 0 aliphatic carbocycles. The maximum Gasteiger partial charge on any atom is 0.254 e. The van der Waals surface area contributed by atoms with Crippen LogP contribution in [0.4, 0.5) is 0 Å². The summed E-state index contributed by atoms with van der Waals surface area (Å²) >= 11 is 0. The summed E-state index contributed by atoms with van der Waals surface area (Å²) in [4.78, 5) is 14.2. The highest BCUT2D eigenvalue weighted by molar-refractivity contribution is 6.00. The second-order valence-corrected chi connectivity index (χ2v) is 6.90. The van der Waals surface area contributed by atoms with E-state index >= 15 is 0 Å². The fourth-order valence-electron chi connectivity index (χ4n) is 2.13. The van der Waals surface area contributed by atoms with Gasteiger partial charge in [-0.05, 0) is 38.7 Å². The van der Waals surface area contributed by atoms with E-state index < -0.39 is 0 Å². The Kier molecular flexibility index (Phi) is 3.56. The van der Waals surface area contributed by atoms with Crippen molar-refractivity contribution >= 4 is 5.91 Å². The van der Waals surface area contributed by atoms with Gasteiger partial charge in [0.1, 0.15) is 0 Å². The smallest absolute Gasteiger partial charge is 0.254 e. The highest BCUT2D eigenvalue weighted by Crippen LogP contribution is 2.28. The topological polar surface area (TPSA) is 20.3 Å². The van der Waals surface area contributed by atoms with Crippen LogP contribution in [0, 0.1) is 5.41 Å². The third-order valence-corrected chi connectivity index (χ3v) is 2.84. The predicted octanol–water partition coefficient (Wildman–Crippen LogP) is 3.55. The number of hydrogen-bond donors (Lipinski definition) is 0. The molecule has 2 nitrogen and oxygen atoms in total. The maximum atomic E-state index is 12.3. The van der Waals surface area contributed by atoms with Crippen LogP contribution in [0.5, 0.6) is 0 Å². The molecule has 1 aliphatic rings. The lowest BCUT2D eigenvalue weighted by Gasteiger charge is -2.32. The maximum absolute atomic E-state index is 12.3. The Bertz CT molecular complexity index is 375. The highest BCUT2D eigenvalue weighted by atomic mass is 16.2. The summed E-state index contributed by atoms with van der Waals surface area (Å²) in [6, 6.07) is 0. The van der Waals surface area contributed by atoms with Gasteiger partial charge in [-0.1, -0.05) is 32.9 Å². The molecule has 0 atom stereocenters. The highest BCUT2D eigenvalue weighted by Gasteiger charge is 2.32. The summed E-state index contributed by atoms with van der Waals surface area (Å²) in [5, 5.41) is 0. The molecule has 0 unspecified atom stereocenters. The molecule has 0 saturated heterocycles. The lowest BCUT2D eigenvalue weighted by Crippen LogP contribution is -2.43. The van der Waals surface area contributed by atoms with E-state index in [2.05, 4.69) is 47.6 Å². The van der Waals surface area contributed by atoms with Crippen molar-refractivity contribution in [3.63, 3.8) is 0 Å². The molecule has 1 rings (SSSR count). The summed E-state index contributed by atoms with van der Waals surface area (Å²) < 4.78 is 0. The summed E-state index contributed by atoms with van der Waals surface area (Å²) in [6.07, 6.45) is 4.22. The van der Waals surface area contributed by atoms with Crippen molar-refractivity contribution in [2.45, 2.75) is 54.0 Å². The summed E-state index contributed by atoms with van der Waals surface area (Å²) in [6.45, 7) is 15.4. The largest absolute Gasteiger partial charge is 0.330 e. The lowest BCUT2D eigenvalue weighted by atomic mass is 9.91.